The summed E-state index contributed by atoms with van der Waals surface area (Å²) in [5.74, 6) is 0. The Labute approximate surface area is 91.9 Å². The Morgan fingerprint density at radius 1 is 1.38 bits per heavy atom. The molecule has 83 valence electrons. The maximum Gasteiger partial charge on any atom is -0.344 e. The van der Waals surface area contributed by atoms with Gasteiger partial charge in [-0.15, -0.1) is 0 Å². The van der Waals surface area contributed by atoms with Gasteiger partial charge in [-0.2, -0.15) is 0 Å². The minimum atomic E-state index is -4.36. The van der Waals surface area contributed by atoms with Crippen LogP contribution in [0.3, 0.4) is 0 Å². The molecule has 1 fully saturated rings. The van der Waals surface area contributed by atoms with Crippen LogP contribution in [0, 0.1) is 0 Å². The summed E-state index contributed by atoms with van der Waals surface area (Å²) < 4.78 is 10.4. The molecular weight excluding hydrogens is 352 g/mol. The van der Waals surface area contributed by atoms with E-state index in [2.05, 4.69) is 6.92 Å². The van der Waals surface area contributed by atoms with E-state index in [0.29, 0.717) is 6.61 Å². The van der Waals surface area contributed by atoms with Gasteiger partial charge in [-0.1, -0.05) is 0 Å². The third-order valence-corrected chi connectivity index (χ3v) is 7.91. The number of halogens is 3. The van der Waals surface area contributed by atoms with Gasteiger partial charge in [-0.05, 0) is 0 Å². The second-order valence-corrected chi connectivity index (χ2v) is 22.0. The van der Waals surface area contributed by atoms with Crippen molar-refractivity contribution in [3.05, 3.63) is 0 Å². The molecule has 1 saturated heterocycles. The molecule has 0 saturated carbocycles. The summed E-state index contributed by atoms with van der Waals surface area (Å²) in [6, 6.07) is 0. The molecule has 3 N–H and O–H groups in total. The van der Waals surface area contributed by atoms with E-state index in [-0.39, 0.29) is 12.3 Å². The predicted octanol–water partition coefficient (Wildman–Crippen LogP) is 3.36. The van der Waals surface area contributed by atoms with Crippen molar-refractivity contribution >= 4 is 41.2 Å². The molecule has 0 aliphatic carbocycles. The van der Waals surface area contributed by atoms with Gasteiger partial charge in [0.2, 0.25) is 0 Å². The Morgan fingerprint density at radius 2 is 2.00 bits per heavy atom. The van der Waals surface area contributed by atoms with E-state index >= 15 is 0 Å². The van der Waals surface area contributed by atoms with Crippen LogP contribution in [0.1, 0.15) is 26.2 Å². The van der Waals surface area contributed by atoms with Crippen molar-refractivity contribution in [2.75, 3.05) is 6.61 Å². The van der Waals surface area contributed by atoms with Gasteiger partial charge < -0.3 is 6.15 Å². The molecule has 1 rings (SSSR count). The number of unbranched alkanes of at least 4 members (excludes halogenated alkanes) is 1. The van der Waals surface area contributed by atoms with E-state index in [9.17, 15) is 0 Å². The first-order chi connectivity index (χ1) is 5.41. The van der Waals surface area contributed by atoms with Crippen molar-refractivity contribution < 1.29 is 6.20 Å². The topological polar surface area (TPSA) is 53.5 Å². The number of hydrogen-bond donors (Lipinski definition) is 1. The number of rotatable bonds is 3. The maximum absolute atomic E-state index is 5.78. The average Bonchev–Trinajstić information content (AvgIpc) is 2.21. The zero-order chi connectivity index (χ0) is 9.27. The van der Waals surface area contributed by atoms with E-state index in [1.54, 1.807) is 0 Å². The smallest absolute Gasteiger partial charge is 0.344 e. The Bertz CT molecular complexity index is 173. The van der Waals surface area contributed by atoms with Crippen LogP contribution >= 0.6 is 26.9 Å². The molecule has 0 aromatic rings. The molecule has 13 heavy (non-hydrogen) atoms. The van der Waals surface area contributed by atoms with Gasteiger partial charge in [0.1, 0.15) is 0 Å². The Balaban J connectivity index is 0.00000144. The van der Waals surface area contributed by atoms with Gasteiger partial charge in [0, 0.05) is 0 Å². The molecular formula is C6H15Cl3NO2Te. The van der Waals surface area contributed by atoms with Gasteiger partial charge in [-0.25, -0.2) is 0 Å². The van der Waals surface area contributed by atoms with Crippen LogP contribution in [0.15, 0.2) is 0 Å². The average molecular weight is 367 g/mol. The minimum Gasteiger partial charge on any atom is -0.344 e. The molecule has 7 heteroatoms. The standard InChI is InChI=1S/C6H12Cl3O2Te.H3N/c1-2-3-4-6-5-10-12(7,8,9)11-6;/h6H,2-5H2,1H3;1H3. The van der Waals surface area contributed by atoms with Crippen molar-refractivity contribution in [1.82, 2.24) is 6.15 Å². The summed E-state index contributed by atoms with van der Waals surface area (Å²) in [6.45, 7) is 2.55. The van der Waals surface area contributed by atoms with Gasteiger partial charge in [-0.3, -0.25) is 0 Å². The third kappa shape index (κ3) is 5.25. The molecule has 1 atom stereocenters. The second-order valence-electron chi connectivity index (χ2n) is 2.77. The second kappa shape index (κ2) is 5.05. The van der Waals surface area contributed by atoms with Crippen molar-refractivity contribution in [2.45, 2.75) is 32.3 Å². The molecule has 0 spiro atoms. The fraction of sp³-hybridized carbons (Fsp3) is 1.00. The molecule has 0 bridgehead atoms. The predicted molar refractivity (Wildman–Crippen MR) is 58.7 cm³/mol. The third-order valence-electron chi connectivity index (χ3n) is 1.60. The van der Waals surface area contributed by atoms with E-state index < -0.39 is 14.3 Å². The van der Waals surface area contributed by atoms with Gasteiger partial charge >= 0.3 is 86.3 Å². The number of hydrogen-bond acceptors (Lipinski definition) is 3. The fourth-order valence-corrected chi connectivity index (χ4v) is 6.94. The summed E-state index contributed by atoms with van der Waals surface area (Å²) in [5.41, 5.74) is 0. The van der Waals surface area contributed by atoms with E-state index in [1.807, 2.05) is 0 Å². The summed E-state index contributed by atoms with van der Waals surface area (Å²) in [7, 11) is 17.3. The Kier molecular flexibility index (Phi) is 5.64. The zero-order valence-electron chi connectivity index (χ0n) is 7.47. The summed E-state index contributed by atoms with van der Waals surface area (Å²) in [6.07, 6.45) is 3.12. The summed E-state index contributed by atoms with van der Waals surface area (Å²) >= 11 is -4.36. The van der Waals surface area contributed by atoms with Gasteiger partial charge in [0.05, 0.1) is 0 Å². The molecule has 1 unspecified atom stereocenters. The first-order valence-corrected chi connectivity index (χ1v) is 14.6. The maximum atomic E-state index is 5.78. The minimum absolute atomic E-state index is 0. The largest absolute Gasteiger partial charge is 0.344 e. The van der Waals surface area contributed by atoms with Crippen LogP contribution in [-0.4, -0.2) is 27.0 Å². The first kappa shape index (κ1) is 14.5. The Hall–Kier alpha value is 1.54. The monoisotopic (exact) mass is 368 g/mol. The summed E-state index contributed by atoms with van der Waals surface area (Å²) in [5, 5.41) is 0. The first-order valence-electron chi connectivity index (χ1n) is 3.84. The van der Waals surface area contributed by atoms with E-state index in [0.717, 1.165) is 19.3 Å². The van der Waals surface area contributed by atoms with Crippen LogP contribution in [0.25, 0.3) is 0 Å². The zero-order valence-corrected chi connectivity index (χ0v) is 12.1. The fourth-order valence-electron chi connectivity index (χ4n) is 1.01. The van der Waals surface area contributed by atoms with E-state index in [4.69, 9.17) is 33.1 Å². The van der Waals surface area contributed by atoms with Gasteiger partial charge in [0.25, 0.3) is 0 Å². The van der Waals surface area contributed by atoms with Crippen LogP contribution in [-0.2, 0) is 6.20 Å². The quantitative estimate of drug-likeness (QED) is 0.779. The molecule has 3 nitrogen and oxygen atoms in total. The van der Waals surface area contributed by atoms with Crippen LogP contribution in [0.5, 0.6) is 0 Å². The molecule has 0 amide bonds. The van der Waals surface area contributed by atoms with Crippen LogP contribution in [0.2, 0.25) is 0 Å². The van der Waals surface area contributed by atoms with Crippen LogP contribution in [0.4, 0.5) is 0 Å². The molecule has 1 heterocycles. The van der Waals surface area contributed by atoms with Gasteiger partial charge in [0.15, 0.2) is 0 Å². The molecule has 0 aromatic carbocycles. The van der Waals surface area contributed by atoms with E-state index in [1.165, 1.54) is 0 Å². The van der Waals surface area contributed by atoms with Crippen molar-refractivity contribution in [1.29, 1.82) is 0 Å². The van der Waals surface area contributed by atoms with Crippen molar-refractivity contribution in [3.8, 4) is 0 Å². The molecule has 1 aliphatic heterocycles. The molecule has 1 radical (unpaired) electrons. The van der Waals surface area contributed by atoms with Crippen molar-refractivity contribution in [3.63, 3.8) is 0 Å². The molecule has 0 aromatic heterocycles. The Morgan fingerprint density at radius 3 is 2.38 bits per heavy atom. The normalized spacial score (nSPS) is 32.9. The SMILES string of the molecule is CCCCC1CO[Te](Cl)(Cl)(Cl)O1.N. The molecule has 1 aliphatic rings. The van der Waals surface area contributed by atoms with Crippen molar-refractivity contribution in [2.24, 2.45) is 0 Å². The van der Waals surface area contributed by atoms with Crippen LogP contribution < -0.4 is 6.15 Å². The summed E-state index contributed by atoms with van der Waals surface area (Å²) in [4.78, 5) is 0.